The number of fused-ring (bicyclic) bond motifs is 1. The Hall–Kier alpha value is -0.770. The molecule has 1 aliphatic heterocycles. The highest BCUT2D eigenvalue weighted by molar-refractivity contribution is 6.30. The van der Waals surface area contributed by atoms with Crippen molar-refractivity contribution < 1.29 is 9.47 Å². The van der Waals surface area contributed by atoms with Gasteiger partial charge in [-0.25, -0.2) is 0 Å². The molecule has 16 heavy (non-hydrogen) atoms. The van der Waals surface area contributed by atoms with Gasteiger partial charge in [0.15, 0.2) is 6.79 Å². The minimum Gasteiger partial charge on any atom is -0.467 e. The van der Waals surface area contributed by atoms with Crippen LogP contribution in [0, 0.1) is 5.92 Å². The molecule has 0 saturated heterocycles. The molecule has 1 aromatic rings. The van der Waals surface area contributed by atoms with E-state index in [2.05, 4.69) is 6.92 Å². The Morgan fingerprint density at radius 3 is 3.06 bits per heavy atom. The summed E-state index contributed by atoms with van der Waals surface area (Å²) in [6, 6.07) is 3.85. The summed E-state index contributed by atoms with van der Waals surface area (Å²) in [5, 5.41) is 0.729. The van der Waals surface area contributed by atoms with Crippen molar-refractivity contribution in [1.82, 2.24) is 0 Å². The Balaban J connectivity index is 2.31. The van der Waals surface area contributed by atoms with Gasteiger partial charge in [-0.3, -0.25) is 0 Å². The summed E-state index contributed by atoms with van der Waals surface area (Å²) in [6.07, 6.45) is 0.888. The lowest BCUT2D eigenvalue weighted by Gasteiger charge is -2.22. The first-order valence-corrected chi connectivity index (χ1v) is 5.80. The maximum atomic E-state index is 6.07. The van der Waals surface area contributed by atoms with Gasteiger partial charge in [0.2, 0.25) is 0 Å². The smallest absolute Gasteiger partial charge is 0.189 e. The predicted octanol–water partition coefficient (Wildman–Crippen LogP) is 2.34. The average Bonchev–Trinajstić information content (AvgIpc) is 2.28. The van der Waals surface area contributed by atoms with Gasteiger partial charge in [0, 0.05) is 10.6 Å². The third-order valence-corrected chi connectivity index (χ3v) is 2.94. The zero-order valence-electron chi connectivity index (χ0n) is 9.33. The molecular weight excluding hydrogens is 226 g/mol. The highest BCUT2D eigenvalue weighted by Gasteiger charge is 2.17. The Morgan fingerprint density at radius 1 is 1.50 bits per heavy atom. The van der Waals surface area contributed by atoms with E-state index in [0.29, 0.717) is 25.9 Å². The van der Waals surface area contributed by atoms with Crippen LogP contribution in [0.2, 0.25) is 5.02 Å². The topological polar surface area (TPSA) is 44.5 Å². The fourth-order valence-corrected chi connectivity index (χ4v) is 2.13. The third-order valence-electron chi connectivity index (χ3n) is 2.72. The van der Waals surface area contributed by atoms with Crippen molar-refractivity contribution in [2.24, 2.45) is 11.7 Å². The van der Waals surface area contributed by atoms with Gasteiger partial charge in [-0.05, 0) is 36.6 Å². The first-order chi connectivity index (χ1) is 7.70. The number of rotatable bonds is 3. The fraction of sp³-hybridized carbons (Fsp3) is 0.500. The van der Waals surface area contributed by atoms with Gasteiger partial charge in [0.25, 0.3) is 0 Å². The molecule has 3 nitrogen and oxygen atoms in total. The monoisotopic (exact) mass is 241 g/mol. The summed E-state index contributed by atoms with van der Waals surface area (Å²) in [5.74, 6) is 1.35. The standard InChI is InChI=1S/C12H16ClNO2/c1-8(5-14)2-9-3-11(13)4-10-6-15-7-16-12(9)10/h3-4,8H,2,5-7,14H2,1H3. The van der Waals surface area contributed by atoms with E-state index < -0.39 is 0 Å². The molecule has 0 radical (unpaired) electrons. The van der Waals surface area contributed by atoms with E-state index in [1.807, 2.05) is 12.1 Å². The van der Waals surface area contributed by atoms with Gasteiger partial charge < -0.3 is 15.2 Å². The normalized spacial score (nSPS) is 16.4. The molecule has 1 unspecified atom stereocenters. The Morgan fingerprint density at radius 2 is 2.31 bits per heavy atom. The largest absolute Gasteiger partial charge is 0.467 e. The van der Waals surface area contributed by atoms with Crippen molar-refractivity contribution in [3.63, 3.8) is 0 Å². The van der Waals surface area contributed by atoms with Crippen LogP contribution in [0.25, 0.3) is 0 Å². The van der Waals surface area contributed by atoms with Crippen LogP contribution >= 0.6 is 11.6 Å². The lowest BCUT2D eigenvalue weighted by atomic mass is 9.98. The van der Waals surface area contributed by atoms with Gasteiger partial charge in [-0.15, -0.1) is 0 Å². The molecule has 0 bridgehead atoms. The van der Waals surface area contributed by atoms with Crippen molar-refractivity contribution in [2.75, 3.05) is 13.3 Å². The lowest BCUT2D eigenvalue weighted by Crippen LogP contribution is -2.17. The van der Waals surface area contributed by atoms with Crippen molar-refractivity contribution in [2.45, 2.75) is 20.0 Å². The maximum Gasteiger partial charge on any atom is 0.189 e. The van der Waals surface area contributed by atoms with Crippen molar-refractivity contribution in [3.05, 3.63) is 28.3 Å². The molecule has 1 heterocycles. The molecule has 1 aliphatic rings. The first-order valence-electron chi connectivity index (χ1n) is 5.42. The summed E-state index contributed by atoms with van der Waals surface area (Å²) in [7, 11) is 0. The molecule has 88 valence electrons. The molecule has 2 rings (SSSR count). The SMILES string of the molecule is CC(CN)Cc1cc(Cl)cc2c1OCOC2. The molecular formula is C12H16ClNO2. The molecule has 4 heteroatoms. The van der Waals surface area contributed by atoms with Crippen LogP contribution in [0.15, 0.2) is 12.1 Å². The number of hydrogen-bond donors (Lipinski definition) is 1. The lowest BCUT2D eigenvalue weighted by molar-refractivity contribution is -0.0171. The van der Waals surface area contributed by atoms with Crippen molar-refractivity contribution in [1.29, 1.82) is 0 Å². The molecule has 0 spiro atoms. The number of benzene rings is 1. The minimum absolute atomic E-state index is 0.318. The first kappa shape index (κ1) is 11.7. The fourth-order valence-electron chi connectivity index (χ4n) is 1.87. The second kappa shape index (κ2) is 5.04. The maximum absolute atomic E-state index is 6.07. The summed E-state index contributed by atoms with van der Waals surface area (Å²) in [6.45, 7) is 3.67. The van der Waals surface area contributed by atoms with Crippen LogP contribution in [0.1, 0.15) is 18.1 Å². The third kappa shape index (κ3) is 2.48. The summed E-state index contributed by atoms with van der Waals surface area (Å²) < 4.78 is 10.8. The summed E-state index contributed by atoms with van der Waals surface area (Å²) in [5.41, 5.74) is 7.79. The van der Waals surface area contributed by atoms with Gasteiger partial charge in [-0.2, -0.15) is 0 Å². The van der Waals surface area contributed by atoms with E-state index in [4.69, 9.17) is 26.8 Å². The second-order valence-electron chi connectivity index (χ2n) is 4.21. The predicted molar refractivity (Wildman–Crippen MR) is 63.7 cm³/mol. The highest BCUT2D eigenvalue weighted by Crippen LogP contribution is 2.32. The van der Waals surface area contributed by atoms with Crippen LogP contribution in [-0.4, -0.2) is 13.3 Å². The second-order valence-corrected chi connectivity index (χ2v) is 4.65. The zero-order chi connectivity index (χ0) is 11.5. The number of nitrogens with two attached hydrogens (primary N) is 1. The molecule has 0 aliphatic carbocycles. The van der Waals surface area contributed by atoms with E-state index in [9.17, 15) is 0 Å². The number of ether oxygens (including phenoxy) is 2. The zero-order valence-corrected chi connectivity index (χ0v) is 10.1. The molecule has 0 fully saturated rings. The van der Waals surface area contributed by atoms with E-state index in [-0.39, 0.29) is 0 Å². The Labute approximate surface area is 100 Å². The van der Waals surface area contributed by atoms with Gasteiger partial charge in [0.1, 0.15) is 5.75 Å². The van der Waals surface area contributed by atoms with Crippen molar-refractivity contribution in [3.8, 4) is 5.75 Å². The summed E-state index contributed by atoms with van der Waals surface area (Å²) in [4.78, 5) is 0. The van der Waals surface area contributed by atoms with E-state index in [1.165, 1.54) is 0 Å². The van der Waals surface area contributed by atoms with Crippen LogP contribution in [0.3, 0.4) is 0 Å². The minimum atomic E-state index is 0.318. The summed E-state index contributed by atoms with van der Waals surface area (Å²) >= 11 is 6.07. The van der Waals surface area contributed by atoms with Crippen molar-refractivity contribution >= 4 is 11.6 Å². The van der Waals surface area contributed by atoms with Gasteiger partial charge in [-0.1, -0.05) is 18.5 Å². The van der Waals surface area contributed by atoms with E-state index in [1.54, 1.807) is 0 Å². The number of halogens is 1. The molecule has 0 amide bonds. The van der Waals surface area contributed by atoms with E-state index in [0.717, 1.165) is 28.3 Å². The Kier molecular flexibility index (Phi) is 3.69. The van der Waals surface area contributed by atoms with Gasteiger partial charge in [0.05, 0.1) is 6.61 Å². The van der Waals surface area contributed by atoms with Crippen LogP contribution < -0.4 is 10.5 Å². The van der Waals surface area contributed by atoms with Gasteiger partial charge >= 0.3 is 0 Å². The molecule has 1 aromatic carbocycles. The molecule has 1 atom stereocenters. The van der Waals surface area contributed by atoms with Crippen LogP contribution in [0.5, 0.6) is 5.75 Å². The van der Waals surface area contributed by atoms with Crippen LogP contribution in [-0.2, 0) is 17.8 Å². The van der Waals surface area contributed by atoms with E-state index >= 15 is 0 Å². The quantitative estimate of drug-likeness (QED) is 0.884. The average molecular weight is 242 g/mol. The Bertz CT molecular complexity index is 382. The molecule has 0 aromatic heterocycles. The molecule has 2 N–H and O–H groups in total. The number of hydrogen-bond acceptors (Lipinski definition) is 3. The molecule has 0 saturated carbocycles. The van der Waals surface area contributed by atoms with Crippen LogP contribution in [0.4, 0.5) is 0 Å². The highest BCUT2D eigenvalue weighted by atomic mass is 35.5.